The number of methoxy groups -OCH3 is 1. The Balaban J connectivity index is 2.29. The summed E-state index contributed by atoms with van der Waals surface area (Å²) in [7, 11) is 1.77. The maximum absolute atomic E-state index is 6.08. The predicted molar refractivity (Wildman–Crippen MR) is 51.0 cm³/mol. The highest BCUT2D eigenvalue weighted by Crippen LogP contribution is 2.38. The molecule has 0 spiro atoms. The summed E-state index contributed by atoms with van der Waals surface area (Å²) in [5, 5.41) is 0. The quantitative estimate of drug-likeness (QED) is 0.661. The maximum atomic E-state index is 6.08. The Kier molecular flexibility index (Phi) is 4.02. The van der Waals surface area contributed by atoms with Gasteiger partial charge >= 0.3 is 0 Å². The molecule has 0 amide bonds. The van der Waals surface area contributed by atoms with Crippen LogP contribution in [-0.2, 0) is 4.74 Å². The van der Waals surface area contributed by atoms with Crippen molar-refractivity contribution in [1.29, 1.82) is 0 Å². The molecule has 2 nitrogen and oxygen atoms in total. The summed E-state index contributed by atoms with van der Waals surface area (Å²) < 4.78 is 5.19. The molecule has 0 aromatic rings. The Morgan fingerprint density at radius 1 is 1.50 bits per heavy atom. The first-order valence-electron chi connectivity index (χ1n) is 5.04. The molecule has 1 fully saturated rings. The van der Waals surface area contributed by atoms with Crippen LogP contribution in [0.15, 0.2) is 0 Å². The van der Waals surface area contributed by atoms with Crippen molar-refractivity contribution in [3.63, 3.8) is 0 Å². The van der Waals surface area contributed by atoms with E-state index in [4.69, 9.17) is 10.5 Å². The van der Waals surface area contributed by atoms with E-state index in [-0.39, 0.29) is 0 Å². The van der Waals surface area contributed by atoms with Gasteiger partial charge in [-0.25, -0.2) is 0 Å². The summed E-state index contributed by atoms with van der Waals surface area (Å²) in [6.07, 6.45) is 5.06. The van der Waals surface area contributed by atoms with Gasteiger partial charge in [0.25, 0.3) is 0 Å². The molecule has 2 N–H and O–H groups in total. The minimum Gasteiger partial charge on any atom is -0.384 e. The molecule has 0 bridgehead atoms. The van der Waals surface area contributed by atoms with E-state index in [2.05, 4.69) is 6.92 Å². The molecule has 0 heterocycles. The van der Waals surface area contributed by atoms with Gasteiger partial charge in [0.1, 0.15) is 0 Å². The van der Waals surface area contributed by atoms with Gasteiger partial charge in [-0.3, -0.25) is 0 Å². The van der Waals surface area contributed by atoms with Gasteiger partial charge in [-0.1, -0.05) is 13.3 Å². The molecule has 2 heteroatoms. The average molecular weight is 171 g/mol. The van der Waals surface area contributed by atoms with Gasteiger partial charge in [-0.05, 0) is 25.2 Å². The van der Waals surface area contributed by atoms with Crippen LogP contribution in [0, 0.1) is 11.8 Å². The van der Waals surface area contributed by atoms with Gasteiger partial charge < -0.3 is 10.5 Å². The Labute approximate surface area is 75.5 Å². The van der Waals surface area contributed by atoms with E-state index < -0.39 is 0 Å². The monoisotopic (exact) mass is 171 g/mol. The van der Waals surface area contributed by atoms with Crippen LogP contribution >= 0.6 is 0 Å². The van der Waals surface area contributed by atoms with E-state index in [1.165, 1.54) is 19.3 Å². The average Bonchev–Trinajstić information content (AvgIpc) is 2.83. The first-order valence-corrected chi connectivity index (χ1v) is 5.04. The second-order valence-corrected chi connectivity index (χ2v) is 3.91. The number of nitrogens with two attached hydrogens (primary N) is 1. The van der Waals surface area contributed by atoms with E-state index in [0.29, 0.717) is 12.0 Å². The lowest BCUT2D eigenvalue weighted by Crippen LogP contribution is -2.34. The van der Waals surface area contributed by atoms with E-state index >= 15 is 0 Å². The van der Waals surface area contributed by atoms with Crippen molar-refractivity contribution in [2.24, 2.45) is 17.6 Å². The van der Waals surface area contributed by atoms with Crippen molar-refractivity contribution in [2.45, 2.75) is 38.6 Å². The molecule has 0 aromatic heterocycles. The van der Waals surface area contributed by atoms with E-state index in [1.807, 2.05) is 0 Å². The zero-order valence-corrected chi connectivity index (χ0v) is 8.25. The van der Waals surface area contributed by atoms with Crippen molar-refractivity contribution in [2.75, 3.05) is 13.7 Å². The summed E-state index contributed by atoms with van der Waals surface area (Å²) in [6, 6.07) is 0.363. The fourth-order valence-corrected chi connectivity index (χ4v) is 1.87. The predicted octanol–water partition coefficient (Wildman–Crippen LogP) is 1.79. The van der Waals surface area contributed by atoms with Crippen LogP contribution in [0.2, 0.25) is 0 Å². The number of hydrogen-bond donors (Lipinski definition) is 1. The highest BCUT2D eigenvalue weighted by atomic mass is 16.5. The third-order valence-electron chi connectivity index (χ3n) is 2.76. The van der Waals surface area contributed by atoms with Gasteiger partial charge in [0.05, 0.1) is 6.61 Å². The summed E-state index contributed by atoms with van der Waals surface area (Å²) in [5.41, 5.74) is 6.08. The zero-order valence-electron chi connectivity index (χ0n) is 8.25. The minimum atomic E-state index is 0.363. The fraction of sp³-hybridized carbons (Fsp3) is 1.00. The number of rotatable bonds is 6. The third kappa shape index (κ3) is 2.76. The van der Waals surface area contributed by atoms with E-state index in [0.717, 1.165) is 18.9 Å². The largest absolute Gasteiger partial charge is 0.384 e. The summed E-state index contributed by atoms with van der Waals surface area (Å²) in [6.45, 7) is 3.04. The topological polar surface area (TPSA) is 35.2 Å². The Morgan fingerprint density at radius 2 is 2.17 bits per heavy atom. The molecule has 1 rings (SSSR count). The molecule has 2 unspecified atom stereocenters. The van der Waals surface area contributed by atoms with Crippen molar-refractivity contribution in [3.05, 3.63) is 0 Å². The molecule has 0 aliphatic heterocycles. The second-order valence-electron chi connectivity index (χ2n) is 3.91. The van der Waals surface area contributed by atoms with Crippen LogP contribution in [-0.4, -0.2) is 19.8 Å². The smallest absolute Gasteiger partial charge is 0.0507 e. The summed E-state index contributed by atoms with van der Waals surface area (Å²) in [5.74, 6) is 1.49. The van der Waals surface area contributed by atoms with Crippen molar-refractivity contribution >= 4 is 0 Å². The molecular formula is C10H21NO. The van der Waals surface area contributed by atoms with Gasteiger partial charge in [0, 0.05) is 19.1 Å². The lowest BCUT2D eigenvalue weighted by atomic mass is 9.93. The molecule has 12 heavy (non-hydrogen) atoms. The fourth-order valence-electron chi connectivity index (χ4n) is 1.87. The second kappa shape index (κ2) is 4.83. The van der Waals surface area contributed by atoms with Crippen molar-refractivity contribution < 1.29 is 4.74 Å². The van der Waals surface area contributed by atoms with Crippen LogP contribution in [0.25, 0.3) is 0 Å². The molecule has 2 atom stereocenters. The minimum absolute atomic E-state index is 0.363. The van der Waals surface area contributed by atoms with Crippen LogP contribution in [0.3, 0.4) is 0 Å². The van der Waals surface area contributed by atoms with E-state index in [9.17, 15) is 0 Å². The van der Waals surface area contributed by atoms with Crippen molar-refractivity contribution in [3.8, 4) is 0 Å². The molecule has 0 saturated heterocycles. The zero-order chi connectivity index (χ0) is 8.97. The molecule has 1 aliphatic rings. The third-order valence-corrected chi connectivity index (χ3v) is 2.76. The summed E-state index contributed by atoms with van der Waals surface area (Å²) >= 11 is 0. The van der Waals surface area contributed by atoms with Crippen LogP contribution in [0.4, 0.5) is 0 Å². The molecule has 1 saturated carbocycles. The Bertz CT molecular complexity index is 123. The van der Waals surface area contributed by atoms with Crippen molar-refractivity contribution in [1.82, 2.24) is 0 Å². The molecule has 72 valence electrons. The maximum Gasteiger partial charge on any atom is 0.0507 e. The standard InChI is InChI=1S/C10H21NO/c1-3-4-10(11)9(7-12-2)8-5-6-8/h8-10H,3-7,11H2,1-2H3. The highest BCUT2D eigenvalue weighted by Gasteiger charge is 2.34. The summed E-state index contributed by atoms with van der Waals surface area (Å²) in [4.78, 5) is 0. The Morgan fingerprint density at radius 3 is 2.58 bits per heavy atom. The lowest BCUT2D eigenvalue weighted by Gasteiger charge is -2.22. The normalized spacial score (nSPS) is 22.2. The number of hydrogen-bond acceptors (Lipinski definition) is 2. The van der Waals surface area contributed by atoms with E-state index in [1.54, 1.807) is 7.11 Å². The van der Waals surface area contributed by atoms with Crippen LogP contribution < -0.4 is 5.73 Å². The lowest BCUT2D eigenvalue weighted by molar-refractivity contribution is 0.125. The van der Waals surface area contributed by atoms with Crippen LogP contribution in [0.5, 0.6) is 0 Å². The molecular weight excluding hydrogens is 150 g/mol. The van der Waals surface area contributed by atoms with Gasteiger partial charge in [-0.2, -0.15) is 0 Å². The first kappa shape index (κ1) is 10.0. The van der Waals surface area contributed by atoms with Gasteiger partial charge in [0.15, 0.2) is 0 Å². The van der Waals surface area contributed by atoms with Crippen LogP contribution in [0.1, 0.15) is 32.6 Å². The van der Waals surface area contributed by atoms with Gasteiger partial charge in [0.2, 0.25) is 0 Å². The number of ether oxygens (including phenoxy) is 1. The van der Waals surface area contributed by atoms with Gasteiger partial charge in [-0.15, -0.1) is 0 Å². The molecule has 1 aliphatic carbocycles. The Hall–Kier alpha value is -0.0800. The molecule has 0 aromatic carbocycles. The molecule has 0 radical (unpaired) electrons. The SMILES string of the molecule is CCCC(N)C(COC)C1CC1. The highest BCUT2D eigenvalue weighted by molar-refractivity contribution is 4.87. The first-order chi connectivity index (χ1) is 5.79.